The summed E-state index contributed by atoms with van der Waals surface area (Å²) in [5, 5.41) is 11.8. The van der Waals surface area contributed by atoms with Crippen molar-refractivity contribution in [2.45, 2.75) is 13.5 Å². The first-order valence-corrected chi connectivity index (χ1v) is 5.53. The molecule has 0 saturated heterocycles. The van der Waals surface area contributed by atoms with Gasteiger partial charge in [-0.15, -0.1) is 0 Å². The number of benzene rings is 1. The van der Waals surface area contributed by atoms with Crippen molar-refractivity contribution in [1.29, 1.82) is 5.26 Å². The van der Waals surface area contributed by atoms with Crippen LogP contribution in [0.1, 0.15) is 16.8 Å². The second kappa shape index (κ2) is 5.28. The van der Waals surface area contributed by atoms with E-state index in [1.54, 1.807) is 12.3 Å². The number of nitrogens with one attached hydrogen (secondary N) is 1. The van der Waals surface area contributed by atoms with Crippen LogP contribution in [0, 0.1) is 24.1 Å². The van der Waals surface area contributed by atoms with Crippen LogP contribution in [0.2, 0.25) is 0 Å². The first kappa shape index (κ1) is 12.1. The van der Waals surface area contributed by atoms with Crippen molar-refractivity contribution >= 4 is 5.69 Å². The lowest BCUT2D eigenvalue weighted by Gasteiger charge is -2.07. The van der Waals surface area contributed by atoms with E-state index in [-0.39, 0.29) is 0 Å². The fraction of sp³-hybridized carbons (Fsp3) is 0.143. The van der Waals surface area contributed by atoms with Gasteiger partial charge in [-0.25, -0.2) is 4.39 Å². The third-order valence-corrected chi connectivity index (χ3v) is 2.50. The molecule has 3 nitrogen and oxygen atoms in total. The molecule has 0 saturated carbocycles. The number of halogens is 1. The highest BCUT2D eigenvalue weighted by atomic mass is 19.1. The Balaban J connectivity index is 2.08. The Morgan fingerprint density at radius 2 is 2.17 bits per heavy atom. The minimum Gasteiger partial charge on any atom is -0.381 e. The molecular weight excluding hydrogens is 229 g/mol. The molecule has 1 aromatic heterocycles. The number of aromatic nitrogens is 1. The van der Waals surface area contributed by atoms with Gasteiger partial charge in [0.1, 0.15) is 5.82 Å². The normalized spacial score (nSPS) is 9.83. The van der Waals surface area contributed by atoms with E-state index in [0.717, 1.165) is 11.3 Å². The van der Waals surface area contributed by atoms with Crippen molar-refractivity contribution in [3.05, 3.63) is 59.2 Å². The second-order valence-electron chi connectivity index (χ2n) is 4.00. The summed E-state index contributed by atoms with van der Waals surface area (Å²) in [5.41, 5.74) is 2.85. The number of nitrogens with zero attached hydrogens (tertiary/aromatic N) is 2. The number of aryl methyl sites for hydroxylation is 1. The highest BCUT2D eigenvalue weighted by Gasteiger charge is 2.00. The molecule has 0 atom stereocenters. The Morgan fingerprint density at radius 1 is 1.33 bits per heavy atom. The van der Waals surface area contributed by atoms with Gasteiger partial charge in [-0.2, -0.15) is 5.26 Å². The maximum Gasteiger partial charge on any atom is 0.126 e. The van der Waals surface area contributed by atoms with E-state index in [0.29, 0.717) is 17.8 Å². The van der Waals surface area contributed by atoms with E-state index in [4.69, 9.17) is 5.26 Å². The number of nitriles is 1. The van der Waals surface area contributed by atoms with E-state index < -0.39 is 5.82 Å². The standard InChI is InChI=1S/C14H12FN3/c1-10-2-3-11(8-17-10)9-18-14-5-12(7-16)4-13(15)6-14/h2-6,8,18H,9H2,1H3. The SMILES string of the molecule is Cc1ccc(CNc2cc(F)cc(C#N)c2)cn1. The van der Waals surface area contributed by atoms with Crippen LogP contribution < -0.4 is 5.32 Å². The van der Waals surface area contributed by atoms with Gasteiger partial charge in [0.25, 0.3) is 0 Å². The molecule has 0 spiro atoms. The largest absolute Gasteiger partial charge is 0.381 e. The molecular formula is C14H12FN3. The summed E-state index contributed by atoms with van der Waals surface area (Å²) >= 11 is 0. The van der Waals surface area contributed by atoms with Crippen molar-refractivity contribution in [3.8, 4) is 6.07 Å². The van der Waals surface area contributed by atoms with E-state index in [9.17, 15) is 4.39 Å². The Bertz CT molecular complexity index is 585. The van der Waals surface area contributed by atoms with Crippen molar-refractivity contribution in [2.75, 3.05) is 5.32 Å². The summed E-state index contributed by atoms with van der Waals surface area (Å²) < 4.78 is 13.2. The van der Waals surface area contributed by atoms with Crippen molar-refractivity contribution in [1.82, 2.24) is 4.98 Å². The van der Waals surface area contributed by atoms with Gasteiger partial charge in [-0.05, 0) is 36.8 Å². The molecule has 1 aromatic carbocycles. The summed E-state index contributed by atoms with van der Waals surface area (Å²) in [6, 6.07) is 9.99. The number of anilines is 1. The molecule has 0 aliphatic rings. The molecule has 0 radical (unpaired) electrons. The molecule has 2 aromatic rings. The van der Waals surface area contributed by atoms with E-state index in [1.807, 2.05) is 25.1 Å². The lowest BCUT2D eigenvalue weighted by atomic mass is 10.2. The Hall–Kier alpha value is -2.41. The molecule has 4 heteroatoms. The average Bonchev–Trinajstić information content (AvgIpc) is 2.37. The predicted molar refractivity (Wildman–Crippen MR) is 67.4 cm³/mol. The highest BCUT2D eigenvalue weighted by molar-refractivity contribution is 5.49. The molecule has 0 bridgehead atoms. The van der Waals surface area contributed by atoms with E-state index >= 15 is 0 Å². The average molecular weight is 241 g/mol. The van der Waals surface area contributed by atoms with Crippen LogP contribution in [0.3, 0.4) is 0 Å². The molecule has 0 unspecified atom stereocenters. The lowest BCUT2D eigenvalue weighted by Crippen LogP contribution is -2.01. The van der Waals surface area contributed by atoms with Gasteiger partial charge in [-0.1, -0.05) is 6.07 Å². The summed E-state index contributed by atoms with van der Waals surface area (Å²) in [6.07, 6.45) is 1.77. The fourth-order valence-electron chi connectivity index (χ4n) is 1.56. The summed E-state index contributed by atoms with van der Waals surface area (Å²) in [4.78, 5) is 4.18. The van der Waals surface area contributed by atoms with Crippen LogP contribution in [0.5, 0.6) is 0 Å². The number of pyridine rings is 1. The summed E-state index contributed by atoms with van der Waals surface area (Å²) in [7, 11) is 0. The monoisotopic (exact) mass is 241 g/mol. The van der Waals surface area contributed by atoms with Crippen LogP contribution in [-0.4, -0.2) is 4.98 Å². The molecule has 0 aliphatic heterocycles. The zero-order chi connectivity index (χ0) is 13.0. The minimum absolute atomic E-state index is 0.305. The summed E-state index contributed by atoms with van der Waals surface area (Å²) in [6.45, 7) is 2.46. The van der Waals surface area contributed by atoms with Gasteiger partial charge in [-0.3, -0.25) is 4.98 Å². The maximum atomic E-state index is 13.2. The van der Waals surface area contributed by atoms with Crippen molar-refractivity contribution in [2.24, 2.45) is 0 Å². The van der Waals surface area contributed by atoms with Gasteiger partial charge in [0.15, 0.2) is 0 Å². The molecule has 18 heavy (non-hydrogen) atoms. The van der Waals surface area contributed by atoms with E-state index in [2.05, 4.69) is 10.3 Å². The van der Waals surface area contributed by atoms with Gasteiger partial charge in [0, 0.05) is 24.1 Å². The topological polar surface area (TPSA) is 48.7 Å². The Kier molecular flexibility index (Phi) is 3.54. The van der Waals surface area contributed by atoms with Crippen molar-refractivity contribution in [3.63, 3.8) is 0 Å². The first-order chi connectivity index (χ1) is 8.67. The van der Waals surface area contributed by atoms with Gasteiger partial charge in [0.2, 0.25) is 0 Å². The molecule has 0 amide bonds. The lowest BCUT2D eigenvalue weighted by molar-refractivity contribution is 0.627. The maximum absolute atomic E-state index is 13.2. The highest BCUT2D eigenvalue weighted by Crippen LogP contribution is 2.14. The number of hydrogen-bond donors (Lipinski definition) is 1. The predicted octanol–water partition coefficient (Wildman–Crippen LogP) is 3.01. The third kappa shape index (κ3) is 3.05. The number of rotatable bonds is 3. The number of hydrogen-bond acceptors (Lipinski definition) is 3. The van der Waals surface area contributed by atoms with Crippen molar-refractivity contribution < 1.29 is 4.39 Å². The molecule has 0 aliphatic carbocycles. The van der Waals surface area contributed by atoms with Crippen LogP contribution in [-0.2, 0) is 6.54 Å². The molecule has 1 N–H and O–H groups in total. The third-order valence-electron chi connectivity index (χ3n) is 2.50. The quantitative estimate of drug-likeness (QED) is 0.898. The zero-order valence-electron chi connectivity index (χ0n) is 9.94. The van der Waals surface area contributed by atoms with Crippen LogP contribution in [0.25, 0.3) is 0 Å². The molecule has 2 rings (SSSR count). The smallest absolute Gasteiger partial charge is 0.126 e. The summed E-state index contributed by atoms with van der Waals surface area (Å²) in [5.74, 6) is -0.418. The second-order valence-corrected chi connectivity index (χ2v) is 4.00. The molecule has 1 heterocycles. The Morgan fingerprint density at radius 3 is 2.83 bits per heavy atom. The minimum atomic E-state index is -0.418. The van der Waals surface area contributed by atoms with Crippen LogP contribution in [0.15, 0.2) is 36.5 Å². The zero-order valence-corrected chi connectivity index (χ0v) is 9.94. The fourth-order valence-corrected chi connectivity index (χ4v) is 1.56. The van der Waals surface area contributed by atoms with E-state index in [1.165, 1.54) is 12.1 Å². The molecule has 90 valence electrons. The van der Waals surface area contributed by atoms with Crippen LogP contribution >= 0.6 is 0 Å². The first-order valence-electron chi connectivity index (χ1n) is 5.53. The molecule has 0 fully saturated rings. The van der Waals surface area contributed by atoms with Gasteiger partial charge < -0.3 is 5.32 Å². The Labute approximate surface area is 105 Å². The van der Waals surface area contributed by atoms with Gasteiger partial charge in [0.05, 0.1) is 11.6 Å². The van der Waals surface area contributed by atoms with Gasteiger partial charge >= 0.3 is 0 Å². The van der Waals surface area contributed by atoms with Crippen LogP contribution in [0.4, 0.5) is 10.1 Å².